The van der Waals surface area contributed by atoms with Crippen LogP contribution >= 0.6 is 0 Å². The number of aromatic hydroxyl groups is 1. The van der Waals surface area contributed by atoms with Gasteiger partial charge in [0.1, 0.15) is 29.9 Å². The van der Waals surface area contributed by atoms with Crippen LogP contribution in [0.4, 0.5) is 16.2 Å². The first kappa shape index (κ1) is 47.7. The summed E-state index contributed by atoms with van der Waals surface area (Å²) in [6.45, 7) is 1.46. The number of cyclic esters (lactones) is 1. The average Bonchev–Trinajstić information content (AvgIpc) is 4.10. The predicted molar refractivity (Wildman–Crippen MR) is 266 cm³/mol. The first-order valence-corrected chi connectivity index (χ1v) is 24.3. The zero-order valence-corrected chi connectivity index (χ0v) is 39.8. The van der Waals surface area contributed by atoms with Crippen LogP contribution in [0.3, 0.4) is 0 Å². The van der Waals surface area contributed by atoms with E-state index in [2.05, 4.69) is 16.7 Å². The minimum absolute atomic E-state index is 0.0699. The maximum Gasteiger partial charge on any atom is 0.421 e. The molecule has 2 N–H and O–H groups in total. The van der Waals surface area contributed by atoms with Crippen LogP contribution in [0.2, 0.25) is 0 Å². The molecule has 5 heterocycles. The second-order valence-corrected chi connectivity index (χ2v) is 18.8. The summed E-state index contributed by atoms with van der Waals surface area (Å²) in [6.07, 6.45) is -1.91. The highest BCUT2D eigenvalue weighted by Crippen LogP contribution is 2.66. The van der Waals surface area contributed by atoms with Gasteiger partial charge in [0.05, 0.1) is 35.2 Å². The number of anilines is 1. The van der Waals surface area contributed by atoms with Crippen molar-refractivity contribution in [3.05, 3.63) is 195 Å². The highest BCUT2D eigenvalue weighted by molar-refractivity contribution is 6.23. The predicted octanol–water partition coefficient (Wildman–Crippen LogP) is 7.11. The number of piperazine rings is 1. The number of phenols is 1. The van der Waals surface area contributed by atoms with Crippen LogP contribution in [-0.4, -0.2) is 99.3 Å². The Hall–Kier alpha value is -8.56. The van der Waals surface area contributed by atoms with Crippen LogP contribution in [0.5, 0.6) is 17.2 Å². The Morgan fingerprint density at radius 2 is 1.46 bits per heavy atom. The first-order valence-electron chi connectivity index (χ1n) is 24.3. The van der Waals surface area contributed by atoms with Crippen molar-refractivity contribution in [3.8, 4) is 29.1 Å². The number of hydrogen-bond donors (Lipinski definition) is 2. The number of ether oxygens (including phenoxy) is 4. The van der Waals surface area contributed by atoms with Gasteiger partial charge in [-0.3, -0.25) is 34.3 Å². The molecule has 6 aromatic rings. The first-order chi connectivity index (χ1) is 36.0. The molecule has 11 rings (SSSR count). The van der Waals surface area contributed by atoms with Crippen molar-refractivity contribution in [1.82, 2.24) is 14.7 Å². The number of phenolic OH excluding ortho intramolecular Hbond substituents is 1. The maximum atomic E-state index is 16.6. The van der Waals surface area contributed by atoms with Crippen LogP contribution < -0.4 is 14.4 Å². The molecule has 1 spiro atoms. The lowest BCUT2D eigenvalue weighted by Gasteiger charge is -2.46. The number of hydrogen-bond acceptors (Lipinski definition) is 14. The molecule has 0 aliphatic carbocycles. The van der Waals surface area contributed by atoms with Crippen LogP contribution in [0, 0.1) is 27.9 Å². The topological polar surface area (TPSA) is 202 Å². The number of carbonyl (C=O) groups is 4. The molecule has 17 heteroatoms. The number of rotatable bonds is 10. The van der Waals surface area contributed by atoms with Gasteiger partial charge in [0.15, 0.2) is 11.5 Å². The van der Waals surface area contributed by atoms with Gasteiger partial charge in [-0.2, -0.15) is 0 Å². The highest BCUT2D eigenvalue weighted by atomic mass is 16.7. The zero-order valence-electron chi connectivity index (χ0n) is 39.8. The summed E-state index contributed by atoms with van der Waals surface area (Å²) in [5.41, 5.74) is 1.71. The van der Waals surface area contributed by atoms with Crippen molar-refractivity contribution in [2.75, 3.05) is 44.5 Å². The van der Waals surface area contributed by atoms with E-state index in [1.807, 2.05) is 83.8 Å². The molecule has 0 saturated carbocycles. The molecule has 3 fully saturated rings. The van der Waals surface area contributed by atoms with E-state index in [4.69, 9.17) is 18.9 Å². The second kappa shape index (κ2) is 19.8. The third-order valence-corrected chi connectivity index (χ3v) is 14.6. The Bertz CT molecular complexity index is 3210. The van der Waals surface area contributed by atoms with Gasteiger partial charge in [0, 0.05) is 56.8 Å². The number of morpholine rings is 1. The van der Waals surface area contributed by atoms with Crippen LogP contribution in [0.15, 0.2) is 146 Å². The minimum Gasteiger partial charge on any atom is -0.508 e. The maximum absolute atomic E-state index is 16.6. The van der Waals surface area contributed by atoms with Gasteiger partial charge >= 0.3 is 12.1 Å². The second-order valence-electron chi connectivity index (χ2n) is 18.8. The Balaban J connectivity index is 1.09. The normalized spacial score (nSPS) is 22.9. The lowest BCUT2D eigenvalue weighted by molar-refractivity contribution is -0.384. The van der Waals surface area contributed by atoms with Crippen LogP contribution in [0.1, 0.15) is 63.6 Å². The van der Waals surface area contributed by atoms with Crippen molar-refractivity contribution in [1.29, 1.82) is 0 Å². The van der Waals surface area contributed by atoms with Gasteiger partial charge < -0.3 is 34.1 Å². The summed E-state index contributed by atoms with van der Waals surface area (Å²) in [5, 5.41) is 32.0. The molecule has 5 aliphatic heterocycles. The molecule has 0 bridgehead atoms. The molecule has 6 atom stereocenters. The molecular weight excluding hydrogens is 947 g/mol. The summed E-state index contributed by atoms with van der Waals surface area (Å²) < 4.78 is 23.7. The molecular formula is C57H49N5O12. The summed E-state index contributed by atoms with van der Waals surface area (Å²) in [4.78, 5) is 81.0. The molecule has 3 saturated heterocycles. The number of amides is 3. The van der Waals surface area contributed by atoms with Crippen LogP contribution in [-0.2, 0) is 42.4 Å². The quantitative estimate of drug-likeness (QED) is 0.0609. The van der Waals surface area contributed by atoms with E-state index in [9.17, 15) is 25.1 Å². The highest BCUT2D eigenvalue weighted by Gasteiger charge is 2.76. The van der Waals surface area contributed by atoms with Gasteiger partial charge in [-0.1, -0.05) is 90.7 Å². The number of nitro groups is 1. The van der Waals surface area contributed by atoms with Gasteiger partial charge in [0.25, 0.3) is 5.69 Å². The van der Waals surface area contributed by atoms with E-state index < -0.39 is 64.4 Å². The van der Waals surface area contributed by atoms with Crippen molar-refractivity contribution in [2.45, 2.75) is 49.2 Å². The third kappa shape index (κ3) is 8.42. The van der Waals surface area contributed by atoms with Crippen molar-refractivity contribution in [2.24, 2.45) is 5.92 Å². The lowest BCUT2D eigenvalue weighted by Crippen LogP contribution is -2.59. The average molecular weight is 996 g/mol. The van der Waals surface area contributed by atoms with Crippen molar-refractivity contribution in [3.63, 3.8) is 0 Å². The van der Waals surface area contributed by atoms with E-state index in [0.29, 0.717) is 53.4 Å². The van der Waals surface area contributed by atoms with E-state index in [1.54, 1.807) is 35.2 Å². The molecule has 0 radical (unpaired) electrons. The Morgan fingerprint density at radius 1 is 0.770 bits per heavy atom. The number of nitrogens with zero attached hydrogens (tertiary/aromatic N) is 5. The van der Waals surface area contributed by atoms with Gasteiger partial charge in [0.2, 0.25) is 18.6 Å². The number of carbonyl (C=O) groups excluding carboxylic acids is 4. The number of nitro benzene ring substituents is 1. The fourth-order valence-electron chi connectivity index (χ4n) is 11.4. The molecule has 17 nitrogen and oxygen atoms in total. The van der Waals surface area contributed by atoms with E-state index in [0.717, 1.165) is 16.0 Å². The van der Waals surface area contributed by atoms with Crippen molar-refractivity contribution < 1.29 is 53.3 Å². The summed E-state index contributed by atoms with van der Waals surface area (Å²) in [7, 11) is 0. The summed E-state index contributed by atoms with van der Waals surface area (Å²) >= 11 is 0. The zero-order chi connectivity index (χ0) is 51.1. The molecule has 5 aliphatic rings. The molecule has 0 unspecified atom stereocenters. The minimum atomic E-state index is -2.10. The fourth-order valence-corrected chi connectivity index (χ4v) is 11.4. The molecule has 3 amide bonds. The number of aliphatic hydroxyl groups excluding tert-OH is 1. The fraction of sp³-hybridized carbons (Fsp3) is 0.263. The van der Waals surface area contributed by atoms with E-state index in [1.165, 1.54) is 36.4 Å². The van der Waals surface area contributed by atoms with Crippen LogP contribution in [0.25, 0.3) is 0 Å². The standard InChI is InChI=1S/C57H49N5O12/c63-30-8-7-9-36-16-24-45-44(31-36)57(55(67)60(45)56(68)71-34-37-14-20-42(21-15-37)62(69)70)48(53(65)59-28-26-58(27-29-59)33-38-17-25-46-47(32-38)73-35-72-46)50-54(66)74-51(40-12-5-2-6-13-40)49(39-10-3-1-4-11-39)61(50)52(57)41-18-22-43(64)23-19-41/h1-6,10-25,31-32,48-52,63-64H,8,26-30,33-35H2/t48-,49-,50-,51+,52+,57-/m1/s1. The number of non-ortho nitro benzene ring substituents is 1. The SMILES string of the molecule is O=C1O[C@@H](c2ccccc2)[C@@H](c2ccccc2)N2[C@@H](c3ccc(O)cc3)[C@]3(C(=O)N(C(=O)OCc4ccc([N+](=O)[O-])cc4)c4ccc(C#CCCO)cc43)[C@@H](C(=O)N3CCN(Cc4ccc5c(c4)OCO5)CC3)[C@H]12. The van der Waals surface area contributed by atoms with Crippen molar-refractivity contribution >= 4 is 35.3 Å². The monoisotopic (exact) mass is 995 g/mol. The van der Waals surface area contributed by atoms with E-state index >= 15 is 14.4 Å². The number of fused-ring (bicyclic) bond motifs is 4. The molecule has 6 aromatic carbocycles. The van der Waals surface area contributed by atoms with Gasteiger partial charge in [-0.25, -0.2) is 9.69 Å². The largest absolute Gasteiger partial charge is 0.508 e. The number of esters is 1. The summed E-state index contributed by atoms with van der Waals surface area (Å²) in [5.74, 6) is 3.65. The molecule has 0 aromatic heterocycles. The molecule has 374 valence electrons. The summed E-state index contributed by atoms with van der Waals surface area (Å²) in [6, 6.07) is 37.6. The van der Waals surface area contributed by atoms with Gasteiger partial charge in [-0.05, 0) is 88.0 Å². The number of aliphatic hydroxyl groups is 1. The lowest BCUT2D eigenvalue weighted by atomic mass is 9.65. The Labute approximate surface area is 425 Å². The van der Waals surface area contributed by atoms with Gasteiger partial charge in [-0.15, -0.1) is 0 Å². The number of benzene rings is 6. The molecule has 74 heavy (non-hydrogen) atoms. The third-order valence-electron chi connectivity index (χ3n) is 14.6. The smallest absolute Gasteiger partial charge is 0.421 e. The Morgan fingerprint density at radius 3 is 2.16 bits per heavy atom. The Kier molecular flexibility index (Phi) is 12.8. The van der Waals surface area contributed by atoms with E-state index in [-0.39, 0.29) is 62.2 Å². The number of imide groups is 1.